The summed E-state index contributed by atoms with van der Waals surface area (Å²) in [6.07, 6.45) is -2.53. The van der Waals surface area contributed by atoms with Gasteiger partial charge in [-0.1, -0.05) is 42.5 Å². The third-order valence-electron chi connectivity index (χ3n) is 5.86. The maximum absolute atomic E-state index is 12.5. The molecule has 0 saturated carbocycles. The summed E-state index contributed by atoms with van der Waals surface area (Å²) in [5.74, 6) is -2.91. The smallest absolute Gasteiger partial charge is 0.475 e. The highest BCUT2D eigenvalue weighted by molar-refractivity contribution is 5.98. The third kappa shape index (κ3) is 6.89. The number of aromatic nitrogens is 2. The first-order valence-electron chi connectivity index (χ1n) is 11.8. The molecule has 2 aromatic heterocycles. The number of nitrogens with one attached hydrogen (secondary N) is 3. The number of aliphatic carboxylic acids is 1. The molecule has 39 heavy (non-hydrogen) atoms. The number of halogens is 3. The van der Waals surface area contributed by atoms with E-state index in [1.165, 1.54) is 0 Å². The first kappa shape index (κ1) is 27.1. The lowest BCUT2D eigenvalue weighted by Crippen LogP contribution is -2.31. The second-order valence-electron chi connectivity index (χ2n) is 8.56. The van der Waals surface area contributed by atoms with Gasteiger partial charge in [-0.3, -0.25) is 14.6 Å². The number of hydrogen-bond donors (Lipinski definition) is 4. The minimum Gasteiger partial charge on any atom is -0.475 e. The molecule has 4 aromatic rings. The van der Waals surface area contributed by atoms with Crippen LogP contribution in [0.4, 0.5) is 13.2 Å². The van der Waals surface area contributed by atoms with Gasteiger partial charge in [-0.25, -0.2) is 4.79 Å². The summed E-state index contributed by atoms with van der Waals surface area (Å²) in [5.41, 5.74) is 6.90. The van der Waals surface area contributed by atoms with Crippen LogP contribution in [0.25, 0.3) is 22.5 Å². The minimum absolute atomic E-state index is 0.0378. The first-order chi connectivity index (χ1) is 18.6. The van der Waals surface area contributed by atoms with Gasteiger partial charge >= 0.3 is 12.1 Å². The molecular weight excluding hydrogens is 513 g/mol. The first-order valence-corrected chi connectivity index (χ1v) is 11.8. The average molecular weight is 537 g/mol. The second kappa shape index (κ2) is 11.6. The monoisotopic (exact) mass is 536 g/mol. The number of H-pyrrole nitrogens is 1. The number of hydrogen-bond acceptors (Lipinski definition) is 4. The van der Waals surface area contributed by atoms with Gasteiger partial charge in [0.2, 0.25) is 0 Å². The number of carboxylic acids is 1. The molecule has 1 aliphatic heterocycles. The lowest BCUT2D eigenvalue weighted by atomic mass is 10.0. The van der Waals surface area contributed by atoms with E-state index in [4.69, 9.17) is 9.90 Å². The largest absolute Gasteiger partial charge is 0.490 e. The van der Waals surface area contributed by atoms with E-state index >= 15 is 0 Å². The lowest BCUT2D eigenvalue weighted by molar-refractivity contribution is -0.192. The van der Waals surface area contributed by atoms with Gasteiger partial charge < -0.3 is 20.7 Å². The van der Waals surface area contributed by atoms with Crippen molar-refractivity contribution in [3.05, 3.63) is 101 Å². The van der Waals surface area contributed by atoms with Gasteiger partial charge in [-0.15, -0.1) is 0 Å². The number of carboxylic acid groups (broad SMARTS) is 1. The van der Waals surface area contributed by atoms with Gasteiger partial charge in [0.05, 0.1) is 11.3 Å². The molecule has 3 heterocycles. The molecule has 4 N–H and O–H groups in total. The Bertz CT molecular complexity index is 1480. The molecule has 1 aliphatic rings. The Balaban J connectivity index is 0.000000448. The Morgan fingerprint density at radius 3 is 2.31 bits per heavy atom. The van der Waals surface area contributed by atoms with Crippen LogP contribution in [-0.2, 0) is 17.8 Å². The predicted octanol–water partition coefficient (Wildman–Crippen LogP) is 4.59. The van der Waals surface area contributed by atoms with Gasteiger partial charge in [0.15, 0.2) is 0 Å². The van der Waals surface area contributed by atoms with Crippen LogP contribution in [0.3, 0.4) is 0 Å². The van der Waals surface area contributed by atoms with Crippen molar-refractivity contribution in [3.8, 4) is 22.5 Å². The second-order valence-corrected chi connectivity index (χ2v) is 8.56. The summed E-state index contributed by atoms with van der Waals surface area (Å²) in [5, 5.41) is 12.9. The van der Waals surface area contributed by atoms with Gasteiger partial charge in [0.1, 0.15) is 0 Å². The van der Waals surface area contributed by atoms with Gasteiger partial charge in [0, 0.05) is 53.8 Å². The highest BCUT2D eigenvalue weighted by Gasteiger charge is 2.38. The number of alkyl halides is 3. The summed E-state index contributed by atoms with van der Waals surface area (Å²) < 4.78 is 31.7. The van der Waals surface area contributed by atoms with Crippen molar-refractivity contribution in [1.29, 1.82) is 0 Å². The summed E-state index contributed by atoms with van der Waals surface area (Å²) in [6, 6.07) is 23.0. The molecular formula is C28H23F3N4O4. The molecule has 5 rings (SSSR count). The molecule has 0 spiro atoms. The molecule has 0 atom stereocenters. The quantitative estimate of drug-likeness (QED) is 0.297. The van der Waals surface area contributed by atoms with Gasteiger partial charge in [-0.2, -0.15) is 13.2 Å². The minimum atomic E-state index is -5.08. The molecule has 2 aromatic carbocycles. The fourth-order valence-electron chi connectivity index (χ4n) is 3.88. The van der Waals surface area contributed by atoms with Crippen LogP contribution < -0.4 is 10.6 Å². The molecule has 0 aliphatic carbocycles. The molecule has 0 radical (unpaired) electrons. The highest BCUT2D eigenvalue weighted by atomic mass is 19.4. The van der Waals surface area contributed by atoms with Crippen molar-refractivity contribution in [2.45, 2.75) is 19.1 Å². The number of amides is 2. The van der Waals surface area contributed by atoms with Crippen LogP contribution in [-0.4, -0.2) is 45.6 Å². The van der Waals surface area contributed by atoms with Crippen molar-refractivity contribution >= 4 is 17.8 Å². The zero-order valence-corrected chi connectivity index (χ0v) is 20.4. The Hall–Kier alpha value is -4.93. The van der Waals surface area contributed by atoms with Crippen LogP contribution in [0.2, 0.25) is 0 Å². The molecule has 11 heteroatoms. The molecule has 2 amide bonds. The molecule has 0 unspecified atom stereocenters. The van der Waals surface area contributed by atoms with Crippen molar-refractivity contribution in [1.82, 2.24) is 20.6 Å². The van der Waals surface area contributed by atoms with Crippen LogP contribution in [0.5, 0.6) is 0 Å². The Labute approximate surface area is 220 Å². The maximum atomic E-state index is 12.5. The molecule has 0 saturated heterocycles. The Kier molecular flexibility index (Phi) is 8.09. The van der Waals surface area contributed by atoms with E-state index in [-0.39, 0.29) is 11.8 Å². The number of carbonyl (C=O) groups excluding carboxylic acids is 2. The van der Waals surface area contributed by atoms with E-state index in [9.17, 15) is 22.8 Å². The van der Waals surface area contributed by atoms with E-state index in [0.29, 0.717) is 24.2 Å². The topological polar surface area (TPSA) is 124 Å². The molecule has 0 fully saturated rings. The van der Waals surface area contributed by atoms with E-state index in [2.05, 4.69) is 20.6 Å². The van der Waals surface area contributed by atoms with Crippen molar-refractivity contribution < 1.29 is 32.7 Å². The Morgan fingerprint density at radius 2 is 1.67 bits per heavy atom. The summed E-state index contributed by atoms with van der Waals surface area (Å²) >= 11 is 0. The van der Waals surface area contributed by atoms with Crippen molar-refractivity contribution in [2.24, 2.45) is 0 Å². The molecule has 0 bridgehead atoms. The summed E-state index contributed by atoms with van der Waals surface area (Å²) in [4.78, 5) is 41.3. The van der Waals surface area contributed by atoms with Gasteiger partial charge in [0.25, 0.3) is 11.8 Å². The number of aromatic amines is 1. The van der Waals surface area contributed by atoms with Crippen molar-refractivity contribution in [3.63, 3.8) is 0 Å². The van der Waals surface area contributed by atoms with Gasteiger partial charge in [-0.05, 0) is 35.9 Å². The van der Waals surface area contributed by atoms with Crippen molar-refractivity contribution in [2.75, 3.05) is 6.54 Å². The van der Waals surface area contributed by atoms with Crippen LogP contribution in [0, 0.1) is 0 Å². The maximum Gasteiger partial charge on any atom is 0.490 e. The fraction of sp³-hybridized carbons (Fsp3) is 0.143. The van der Waals surface area contributed by atoms with E-state index in [1.807, 2.05) is 72.8 Å². The number of rotatable bonds is 5. The van der Waals surface area contributed by atoms with E-state index in [0.717, 1.165) is 40.2 Å². The van der Waals surface area contributed by atoms with E-state index in [1.54, 1.807) is 6.20 Å². The molecule has 8 nitrogen and oxygen atoms in total. The standard InChI is InChI=1S/C26H22N4O2.C2HF3O2/c31-25(29-16-17-4-2-1-3-5-17)19-8-6-18(7-9-19)23-14-20(10-12-27-23)24-15-21-22(30-24)11-13-28-26(21)32;3-2(4,5)1(6)7/h1-10,12,14-15,30H,11,13,16H2,(H,28,32)(H,29,31);(H,6,7). The average Bonchev–Trinajstić information content (AvgIpc) is 3.38. The predicted molar refractivity (Wildman–Crippen MR) is 137 cm³/mol. The zero-order chi connectivity index (χ0) is 28.0. The highest BCUT2D eigenvalue weighted by Crippen LogP contribution is 2.27. The normalized spacial score (nSPS) is 12.4. The van der Waals surface area contributed by atoms with Crippen LogP contribution >= 0.6 is 0 Å². The molecule has 200 valence electrons. The lowest BCUT2D eigenvalue weighted by Gasteiger charge is -2.11. The number of benzene rings is 2. The zero-order valence-electron chi connectivity index (χ0n) is 20.4. The van der Waals surface area contributed by atoms with Crippen LogP contribution in [0.1, 0.15) is 32.0 Å². The summed E-state index contributed by atoms with van der Waals surface area (Å²) in [6.45, 7) is 1.14. The SMILES string of the molecule is O=C(NCc1ccccc1)c1ccc(-c2cc(-c3cc4c([nH]3)CCNC4=O)ccn2)cc1.O=C(O)C(F)(F)F. The fourth-order valence-corrected chi connectivity index (χ4v) is 3.88. The Morgan fingerprint density at radius 1 is 0.974 bits per heavy atom. The van der Waals surface area contributed by atoms with E-state index < -0.39 is 12.1 Å². The van der Waals surface area contributed by atoms with Crippen LogP contribution in [0.15, 0.2) is 79.0 Å². The number of carbonyl (C=O) groups is 3. The number of pyridine rings is 1. The third-order valence-corrected chi connectivity index (χ3v) is 5.86. The number of fused-ring (bicyclic) bond motifs is 1. The summed E-state index contributed by atoms with van der Waals surface area (Å²) in [7, 11) is 0. The number of nitrogens with zero attached hydrogens (tertiary/aromatic N) is 1.